The van der Waals surface area contributed by atoms with Crippen LogP contribution in [0.5, 0.6) is 0 Å². The molecule has 0 fully saturated rings. The van der Waals surface area contributed by atoms with E-state index in [-0.39, 0.29) is 11.9 Å². The van der Waals surface area contributed by atoms with Crippen molar-refractivity contribution in [3.63, 3.8) is 0 Å². The molecule has 2 N–H and O–H groups in total. The normalized spacial score (nSPS) is 20.8. The first-order valence-electron chi connectivity index (χ1n) is 5.86. The maximum absolute atomic E-state index is 12.8. The summed E-state index contributed by atoms with van der Waals surface area (Å²) >= 11 is 0. The quantitative estimate of drug-likeness (QED) is 0.872. The largest absolute Gasteiger partial charge is 0.463 e. The van der Waals surface area contributed by atoms with Gasteiger partial charge in [0.05, 0.1) is 6.04 Å². The van der Waals surface area contributed by atoms with Crippen LogP contribution in [0, 0.1) is 5.82 Å². The molecule has 3 nitrogen and oxygen atoms in total. The van der Waals surface area contributed by atoms with Gasteiger partial charge >= 0.3 is 0 Å². The summed E-state index contributed by atoms with van der Waals surface area (Å²) in [5.41, 5.74) is 6.60. The third kappa shape index (κ3) is 3.19. The van der Waals surface area contributed by atoms with Gasteiger partial charge in [0.1, 0.15) is 12.4 Å². The molecule has 2 atom stereocenters. The molecule has 2 rings (SSSR count). The number of hydrogen-bond acceptors (Lipinski definition) is 3. The molecule has 0 radical (unpaired) electrons. The second-order valence-corrected chi connectivity index (χ2v) is 4.46. The van der Waals surface area contributed by atoms with E-state index in [9.17, 15) is 4.39 Å². The van der Waals surface area contributed by atoms with Gasteiger partial charge in [-0.05, 0) is 36.5 Å². The van der Waals surface area contributed by atoms with Crippen LogP contribution in [0.25, 0.3) is 0 Å². The molecule has 0 amide bonds. The highest BCUT2D eigenvalue weighted by atomic mass is 19.1. The Bertz CT molecular complexity index is 402. The van der Waals surface area contributed by atoms with Gasteiger partial charge in [0.25, 0.3) is 6.02 Å². The van der Waals surface area contributed by atoms with Gasteiger partial charge in [-0.1, -0.05) is 19.1 Å². The molecular formula is C13H17FN2O. The summed E-state index contributed by atoms with van der Waals surface area (Å²) in [4.78, 5) is 4.18. The molecule has 1 aliphatic heterocycles. The Kier molecular flexibility index (Phi) is 3.61. The molecule has 1 aromatic carbocycles. The summed E-state index contributed by atoms with van der Waals surface area (Å²) in [6, 6.07) is 7.15. The Morgan fingerprint density at radius 2 is 2.18 bits per heavy atom. The third-order valence-electron chi connectivity index (χ3n) is 3.11. The summed E-state index contributed by atoms with van der Waals surface area (Å²) in [5.74, 6) is 0.204. The number of benzene rings is 1. The fourth-order valence-electron chi connectivity index (χ4n) is 1.98. The minimum Gasteiger partial charge on any atom is -0.463 e. The SMILES string of the molecule is C[C@@H](CC[C@H]1COC(N)=N1)c1ccc(F)cc1. The number of nitrogens with two attached hydrogens (primary N) is 1. The molecule has 0 bridgehead atoms. The second-order valence-electron chi connectivity index (χ2n) is 4.46. The molecule has 1 aliphatic rings. The fraction of sp³-hybridized carbons (Fsp3) is 0.462. The van der Waals surface area contributed by atoms with Gasteiger partial charge in [-0.15, -0.1) is 0 Å². The van der Waals surface area contributed by atoms with Crippen LogP contribution in [0.2, 0.25) is 0 Å². The highest BCUT2D eigenvalue weighted by molar-refractivity contribution is 5.72. The Balaban J connectivity index is 1.85. The van der Waals surface area contributed by atoms with Crippen LogP contribution in [-0.4, -0.2) is 18.7 Å². The van der Waals surface area contributed by atoms with Crippen LogP contribution >= 0.6 is 0 Å². The molecule has 4 heteroatoms. The minimum atomic E-state index is -0.192. The number of amidine groups is 1. The standard InChI is InChI=1S/C13H17FN2O/c1-9(10-3-5-11(14)6-4-10)2-7-12-8-17-13(15)16-12/h3-6,9,12H,2,7-8H2,1H3,(H2,15,16)/t9-,12-/m0/s1. The van der Waals surface area contributed by atoms with E-state index in [1.807, 2.05) is 12.1 Å². The Morgan fingerprint density at radius 3 is 2.76 bits per heavy atom. The van der Waals surface area contributed by atoms with E-state index in [2.05, 4.69) is 11.9 Å². The van der Waals surface area contributed by atoms with Crippen molar-refractivity contribution in [1.29, 1.82) is 0 Å². The molecule has 1 heterocycles. The number of aliphatic imine (C=N–C) groups is 1. The number of hydrogen-bond donors (Lipinski definition) is 1. The van der Waals surface area contributed by atoms with Gasteiger partial charge in [-0.3, -0.25) is 0 Å². The lowest BCUT2D eigenvalue weighted by Gasteiger charge is -2.13. The highest BCUT2D eigenvalue weighted by Gasteiger charge is 2.17. The average Bonchev–Trinajstić information content (AvgIpc) is 2.73. The van der Waals surface area contributed by atoms with Crippen LogP contribution in [0.1, 0.15) is 31.2 Å². The van der Waals surface area contributed by atoms with Crippen molar-refractivity contribution in [3.05, 3.63) is 35.6 Å². The zero-order chi connectivity index (χ0) is 12.3. The van der Waals surface area contributed by atoms with Gasteiger partial charge in [0.2, 0.25) is 0 Å². The van der Waals surface area contributed by atoms with Crippen molar-refractivity contribution in [2.75, 3.05) is 6.61 Å². The Labute approximate surface area is 100 Å². The van der Waals surface area contributed by atoms with Gasteiger partial charge in [0, 0.05) is 0 Å². The lowest BCUT2D eigenvalue weighted by Crippen LogP contribution is -2.10. The van der Waals surface area contributed by atoms with E-state index in [0.717, 1.165) is 18.4 Å². The topological polar surface area (TPSA) is 47.6 Å². The van der Waals surface area contributed by atoms with Crippen molar-refractivity contribution >= 4 is 6.02 Å². The summed E-state index contributed by atoms with van der Waals surface area (Å²) < 4.78 is 17.9. The molecule has 17 heavy (non-hydrogen) atoms. The van der Waals surface area contributed by atoms with Crippen LogP contribution < -0.4 is 5.73 Å². The van der Waals surface area contributed by atoms with Crippen molar-refractivity contribution in [2.24, 2.45) is 10.7 Å². The zero-order valence-corrected chi connectivity index (χ0v) is 9.90. The van der Waals surface area contributed by atoms with Crippen molar-refractivity contribution in [3.8, 4) is 0 Å². The van der Waals surface area contributed by atoms with E-state index >= 15 is 0 Å². The summed E-state index contributed by atoms with van der Waals surface area (Å²) in [5, 5.41) is 0. The fourth-order valence-corrected chi connectivity index (χ4v) is 1.98. The first-order chi connectivity index (χ1) is 8.15. The number of ether oxygens (including phenoxy) is 1. The molecule has 1 aromatic rings. The first-order valence-corrected chi connectivity index (χ1v) is 5.86. The number of nitrogens with zero attached hydrogens (tertiary/aromatic N) is 1. The van der Waals surface area contributed by atoms with E-state index in [4.69, 9.17) is 10.5 Å². The maximum Gasteiger partial charge on any atom is 0.282 e. The summed E-state index contributed by atoms with van der Waals surface area (Å²) in [6.45, 7) is 2.72. The Morgan fingerprint density at radius 1 is 1.47 bits per heavy atom. The molecule has 0 unspecified atom stereocenters. The van der Waals surface area contributed by atoms with E-state index in [0.29, 0.717) is 18.5 Å². The Hall–Kier alpha value is -1.58. The van der Waals surface area contributed by atoms with Crippen molar-refractivity contribution in [2.45, 2.75) is 31.7 Å². The van der Waals surface area contributed by atoms with Crippen LogP contribution in [0.4, 0.5) is 4.39 Å². The van der Waals surface area contributed by atoms with E-state index in [1.165, 1.54) is 12.1 Å². The molecule has 0 saturated carbocycles. The number of halogens is 1. The lowest BCUT2D eigenvalue weighted by atomic mass is 9.94. The monoisotopic (exact) mass is 236 g/mol. The minimum absolute atomic E-state index is 0.179. The smallest absolute Gasteiger partial charge is 0.282 e. The van der Waals surface area contributed by atoms with Crippen molar-refractivity contribution in [1.82, 2.24) is 0 Å². The van der Waals surface area contributed by atoms with Gasteiger partial charge in [-0.2, -0.15) is 0 Å². The van der Waals surface area contributed by atoms with Gasteiger partial charge in [-0.25, -0.2) is 9.38 Å². The maximum atomic E-state index is 12.8. The predicted octanol–water partition coefficient (Wildman–Crippen LogP) is 2.42. The second kappa shape index (κ2) is 5.17. The van der Waals surface area contributed by atoms with Crippen LogP contribution in [-0.2, 0) is 4.74 Å². The summed E-state index contributed by atoms with van der Waals surface area (Å²) in [7, 11) is 0. The molecule has 0 aromatic heterocycles. The van der Waals surface area contributed by atoms with Gasteiger partial charge in [0.15, 0.2) is 0 Å². The molecule has 0 saturated heterocycles. The number of rotatable bonds is 4. The third-order valence-corrected chi connectivity index (χ3v) is 3.11. The van der Waals surface area contributed by atoms with Gasteiger partial charge < -0.3 is 10.5 Å². The molecule has 0 aliphatic carbocycles. The van der Waals surface area contributed by atoms with Crippen LogP contribution in [0.15, 0.2) is 29.3 Å². The van der Waals surface area contributed by atoms with E-state index < -0.39 is 0 Å². The summed E-state index contributed by atoms with van der Waals surface area (Å²) in [6.07, 6.45) is 1.94. The lowest BCUT2D eigenvalue weighted by molar-refractivity contribution is 0.304. The van der Waals surface area contributed by atoms with Crippen molar-refractivity contribution < 1.29 is 9.13 Å². The molecular weight excluding hydrogens is 219 g/mol. The average molecular weight is 236 g/mol. The zero-order valence-electron chi connectivity index (χ0n) is 9.90. The molecule has 92 valence electrons. The van der Waals surface area contributed by atoms with E-state index in [1.54, 1.807) is 0 Å². The first kappa shape index (κ1) is 11.9. The highest BCUT2D eigenvalue weighted by Crippen LogP contribution is 2.23. The van der Waals surface area contributed by atoms with Crippen LogP contribution in [0.3, 0.4) is 0 Å². The molecule has 0 spiro atoms. The predicted molar refractivity (Wildman–Crippen MR) is 65.4 cm³/mol.